The topological polar surface area (TPSA) is 134 Å². The predicted molar refractivity (Wildman–Crippen MR) is 103 cm³/mol. The molecular formula is C22H24O8. The van der Waals surface area contributed by atoms with Gasteiger partial charge in [-0.3, -0.25) is 9.59 Å². The summed E-state index contributed by atoms with van der Waals surface area (Å²) in [5.41, 5.74) is -2.23. The number of aromatic hydroxyl groups is 2. The maximum absolute atomic E-state index is 13.4. The number of aliphatic hydroxyl groups excluding tert-OH is 1. The minimum atomic E-state index is -2.01. The summed E-state index contributed by atoms with van der Waals surface area (Å²) >= 11 is 0. The van der Waals surface area contributed by atoms with Crippen LogP contribution in [0.25, 0.3) is 0 Å². The predicted octanol–water partition coefficient (Wildman–Crippen LogP) is 1.77. The molecule has 4 N–H and O–H groups in total. The molecule has 30 heavy (non-hydrogen) atoms. The molecule has 0 aromatic heterocycles. The molecular weight excluding hydrogens is 392 g/mol. The first-order valence-electron chi connectivity index (χ1n) is 10.3. The molecule has 1 aromatic rings. The van der Waals surface area contributed by atoms with E-state index in [2.05, 4.69) is 0 Å². The zero-order valence-corrected chi connectivity index (χ0v) is 16.9. The molecule has 2 aliphatic carbocycles. The summed E-state index contributed by atoms with van der Waals surface area (Å²) in [7, 11) is 0. The lowest BCUT2D eigenvalue weighted by Gasteiger charge is -2.52. The van der Waals surface area contributed by atoms with Gasteiger partial charge in [-0.1, -0.05) is 6.92 Å². The van der Waals surface area contributed by atoms with Crippen LogP contribution in [-0.2, 0) is 15.1 Å². The van der Waals surface area contributed by atoms with Crippen LogP contribution in [0.1, 0.15) is 78.0 Å². The fourth-order valence-corrected chi connectivity index (χ4v) is 5.57. The Kier molecular flexibility index (Phi) is 4.03. The van der Waals surface area contributed by atoms with Crippen LogP contribution in [0.15, 0.2) is 11.1 Å². The molecule has 4 unspecified atom stereocenters. The number of rotatable bonds is 1. The molecule has 3 heterocycles. The van der Waals surface area contributed by atoms with Crippen molar-refractivity contribution in [2.24, 2.45) is 0 Å². The number of fused-ring (bicyclic) bond motifs is 3. The summed E-state index contributed by atoms with van der Waals surface area (Å²) in [6.45, 7) is 5.15. The second-order valence-electron chi connectivity index (χ2n) is 8.64. The lowest BCUT2D eigenvalue weighted by Crippen LogP contribution is -2.58. The highest BCUT2D eigenvalue weighted by molar-refractivity contribution is 6.29. The third kappa shape index (κ3) is 2.14. The van der Waals surface area contributed by atoms with Crippen LogP contribution in [0.5, 0.6) is 11.5 Å². The number of hydrogen-bond donors (Lipinski definition) is 4. The molecule has 1 saturated heterocycles. The normalized spacial score (nSPS) is 37.2. The van der Waals surface area contributed by atoms with Crippen molar-refractivity contribution in [3.8, 4) is 11.5 Å². The van der Waals surface area contributed by atoms with Gasteiger partial charge < -0.3 is 29.9 Å². The Morgan fingerprint density at radius 1 is 1.07 bits per heavy atom. The van der Waals surface area contributed by atoms with Gasteiger partial charge >= 0.3 is 0 Å². The van der Waals surface area contributed by atoms with Gasteiger partial charge in [-0.25, -0.2) is 0 Å². The summed E-state index contributed by atoms with van der Waals surface area (Å²) in [5, 5.41) is 43.9. The summed E-state index contributed by atoms with van der Waals surface area (Å²) < 4.78 is 11.6. The summed E-state index contributed by atoms with van der Waals surface area (Å²) in [4.78, 5) is 26.8. The Bertz CT molecular complexity index is 1030. The van der Waals surface area contributed by atoms with E-state index in [0.29, 0.717) is 12.0 Å². The van der Waals surface area contributed by atoms with Crippen LogP contribution < -0.4 is 0 Å². The Labute approximate surface area is 172 Å². The van der Waals surface area contributed by atoms with E-state index in [-0.39, 0.29) is 46.8 Å². The SMILES string of the molecule is CC[C@H]1CC2=C(C(=O)c3c(O)c4c(c(O)c3C2=O)C2CC(O)C4(O)C(C)O2)[C@H](C)O1. The minimum Gasteiger partial charge on any atom is -0.507 e. The highest BCUT2D eigenvalue weighted by Crippen LogP contribution is 2.59. The van der Waals surface area contributed by atoms with Crippen molar-refractivity contribution in [2.45, 2.75) is 76.2 Å². The first-order valence-corrected chi connectivity index (χ1v) is 10.3. The molecule has 160 valence electrons. The lowest BCUT2D eigenvalue weighted by molar-refractivity contribution is -0.246. The van der Waals surface area contributed by atoms with E-state index in [4.69, 9.17) is 9.47 Å². The van der Waals surface area contributed by atoms with Crippen molar-refractivity contribution in [3.05, 3.63) is 33.4 Å². The molecule has 1 aromatic carbocycles. The highest BCUT2D eigenvalue weighted by Gasteiger charge is 2.59. The molecule has 8 nitrogen and oxygen atoms in total. The second kappa shape index (κ2) is 6.13. The summed E-state index contributed by atoms with van der Waals surface area (Å²) in [6.07, 6.45) is -2.91. The third-order valence-electron chi connectivity index (χ3n) is 7.13. The number of carbonyl (C=O) groups is 2. The molecule has 1 fully saturated rings. The number of phenolic OH excluding ortho intramolecular Hbond substituents is 2. The zero-order valence-electron chi connectivity index (χ0n) is 16.9. The van der Waals surface area contributed by atoms with Gasteiger partial charge in [-0.15, -0.1) is 0 Å². The van der Waals surface area contributed by atoms with E-state index in [1.165, 1.54) is 0 Å². The first kappa shape index (κ1) is 19.7. The average molecular weight is 416 g/mol. The molecule has 8 heteroatoms. The number of phenols is 2. The van der Waals surface area contributed by atoms with Crippen molar-refractivity contribution in [3.63, 3.8) is 0 Å². The van der Waals surface area contributed by atoms with E-state index in [1.54, 1.807) is 13.8 Å². The fourth-order valence-electron chi connectivity index (χ4n) is 5.57. The average Bonchev–Trinajstić information content (AvgIpc) is 2.69. The van der Waals surface area contributed by atoms with Crippen LogP contribution in [0.3, 0.4) is 0 Å². The maximum atomic E-state index is 13.4. The fraction of sp³-hybridized carbons (Fsp3) is 0.545. The molecule has 0 amide bonds. The maximum Gasteiger partial charge on any atom is 0.196 e. The van der Waals surface area contributed by atoms with Gasteiger partial charge in [0.2, 0.25) is 0 Å². The van der Waals surface area contributed by atoms with Crippen molar-refractivity contribution in [1.29, 1.82) is 0 Å². The molecule has 0 radical (unpaired) electrons. The van der Waals surface area contributed by atoms with Gasteiger partial charge in [0.25, 0.3) is 0 Å². The number of carbonyl (C=O) groups excluding carboxylic acids is 2. The first-order chi connectivity index (χ1) is 14.1. The van der Waals surface area contributed by atoms with E-state index < -0.39 is 53.1 Å². The van der Waals surface area contributed by atoms with Crippen LogP contribution in [0.2, 0.25) is 0 Å². The summed E-state index contributed by atoms with van der Waals surface area (Å²) in [5.74, 6) is -2.19. The quantitative estimate of drug-likeness (QED) is 0.509. The van der Waals surface area contributed by atoms with E-state index in [9.17, 15) is 30.0 Å². The van der Waals surface area contributed by atoms with Gasteiger partial charge in [-0.2, -0.15) is 0 Å². The van der Waals surface area contributed by atoms with Gasteiger partial charge in [0.05, 0.1) is 41.6 Å². The Hall–Kier alpha value is -2.26. The highest BCUT2D eigenvalue weighted by atomic mass is 16.5. The van der Waals surface area contributed by atoms with Gasteiger partial charge in [0.1, 0.15) is 17.1 Å². The van der Waals surface area contributed by atoms with Gasteiger partial charge in [-0.05, 0) is 20.3 Å². The Balaban J connectivity index is 1.80. The lowest BCUT2D eigenvalue weighted by atomic mass is 9.66. The van der Waals surface area contributed by atoms with Crippen LogP contribution in [0.4, 0.5) is 0 Å². The smallest absolute Gasteiger partial charge is 0.196 e. The number of benzene rings is 1. The van der Waals surface area contributed by atoms with Crippen molar-refractivity contribution >= 4 is 11.6 Å². The molecule has 6 atom stereocenters. The Morgan fingerprint density at radius 3 is 2.37 bits per heavy atom. The Morgan fingerprint density at radius 2 is 1.73 bits per heavy atom. The monoisotopic (exact) mass is 416 g/mol. The molecule has 0 spiro atoms. The number of Topliss-reactive ketones (excluding diaryl/α,β-unsaturated/α-hetero) is 2. The molecule has 3 aliphatic heterocycles. The van der Waals surface area contributed by atoms with E-state index in [0.717, 1.165) is 0 Å². The van der Waals surface area contributed by atoms with Gasteiger partial charge in [0, 0.05) is 35.1 Å². The van der Waals surface area contributed by atoms with Crippen molar-refractivity contribution in [2.75, 3.05) is 0 Å². The third-order valence-corrected chi connectivity index (χ3v) is 7.13. The van der Waals surface area contributed by atoms with Crippen LogP contribution >= 0.6 is 0 Å². The summed E-state index contributed by atoms with van der Waals surface area (Å²) in [6, 6.07) is 0. The van der Waals surface area contributed by atoms with Crippen LogP contribution in [0, 0.1) is 0 Å². The molecule has 0 saturated carbocycles. The van der Waals surface area contributed by atoms with Crippen molar-refractivity contribution in [1.82, 2.24) is 0 Å². The van der Waals surface area contributed by atoms with Gasteiger partial charge in [0.15, 0.2) is 11.6 Å². The van der Waals surface area contributed by atoms with Crippen LogP contribution in [-0.4, -0.2) is 56.4 Å². The zero-order chi connectivity index (χ0) is 21.7. The van der Waals surface area contributed by atoms with E-state index >= 15 is 0 Å². The van der Waals surface area contributed by atoms with E-state index in [1.807, 2.05) is 6.92 Å². The number of aliphatic hydroxyl groups is 2. The number of ether oxygens (including phenoxy) is 2. The largest absolute Gasteiger partial charge is 0.507 e. The number of ketones is 2. The molecule has 6 rings (SSSR count). The van der Waals surface area contributed by atoms with Crippen molar-refractivity contribution < 1.29 is 39.5 Å². The second-order valence-corrected chi connectivity index (χ2v) is 8.64. The minimum absolute atomic E-state index is 0.00150. The number of hydrogen-bond acceptors (Lipinski definition) is 8. The molecule has 5 aliphatic rings. The molecule has 2 bridgehead atoms. The standard InChI is InChI=1S/C22H24O8/c1-4-9-5-10-13(7(2)29-9)19(25)16-15(18(10)24)20(26)14-11-6-12(23)22(28,8(3)30-11)17(14)21(16)27/h7-9,11-12,23,26-28H,4-6H2,1-3H3/t7-,8?,9-,11?,12?,22?/m0/s1.